The highest BCUT2D eigenvalue weighted by Crippen LogP contribution is 2.33. The van der Waals surface area contributed by atoms with Crippen LogP contribution in [0.4, 0.5) is 10.5 Å². The van der Waals surface area contributed by atoms with Crippen LogP contribution < -0.4 is 10.6 Å². The fraction of sp³-hybridized carbons (Fsp3) is 0.489. The SMILES string of the molecule is CCN(CC)CCCC(=O)c1ccc(-c2ccc(C[C@H](CC(=O)C3CCC(CNC(=O)OC(C)(C)C)CC3)C(=O)Nc3ccc(C4=NCN=N4)cc3)cc2)c(Cl)c1. The molecule has 3 aromatic rings. The van der Waals surface area contributed by atoms with Gasteiger partial charge in [0, 0.05) is 58.6 Å². The Hall–Kier alpha value is -4.74. The predicted octanol–water partition coefficient (Wildman–Crippen LogP) is 9.57. The molecule has 3 aromatic carbocycles. The molecule has 1 aliphatic heterocycles. The van der Waals surface area contributed by atoms with Gasteiger partial charge in [-0.25, -0.2) is 9.79 Å². The van der Waals surface area contributed by atoms with Crippen molar-refractivity contribution in [3.8, 4) is 11.1 Å². The van der Waals surface area contributed by atoms with Crippen molar-refractivity contribution in [3.05, 3.63) is 88.4 Å². The van der Waals surface area contributed by atoms with Crippen molar-refractivity contribution in [2.24, 2.45) is 33.0 Å². The Morgan fingerprint density at radius 2 is 1.60 bits per heavy atom. The van der Waals surface area contributed by atoms with Gasteiger partial charge in [0.15, 0.2) is 18.3 Å². The van der Waals surface area contributed by atoms with Crippen LogP contribution in [-0.2, 0) is 20.7 Å². The lowest BCUT2D eigenvalue weighted by Crippen LogP contribution is -2.37. The summed E-state index contributed by atoms with van der Waals surface area (Å²) in [6, 6.07) is 20.6. The van der Waals surface area contributed by atoms with E-state index in [1.54, 1.807) is 18.2 Å². The second kappa shape index (κ2) is 20.6. The van der Waals surface area contributed by atoms with Crippen LogP contribution in [0, 0.1) is 17.8 Å². The number of rotatable bonds is 18. The Labute approximate surface area is 342 Å². The maximum atomic E-state index is 13.9. The second-order valence-electron chi connectivity index (χ2n) is 16.0. The molecule has 57 heavy (non-hydrogen) atoms. The fourth-order valence-electron chi connectivity index (χ4n) is 7.40. The minimum absolute atomic E-state index is 0.0821. The van der Waals surface area contributed by atoms with Crippen molar-refractivity contribution in [3.63, 3.8) is 0 Å². The van der Waals surface area contributed by atoms with Crippen LogP contribution in [0.3, 0.4) is 0 Å². The molecule has 1 heterocycles. The lowest BCUT2D eigenvalue weighted by Gasteiger charge is -2.29. The number of anilines is 1. The molecule has 12 heteroatoms. The molecule has 1 atom stereocenters. The summed E-state index contributed by atoms with van der Waals surface area (Å²) in [7, 11) is 0. The molecule has 0 spiro atoms. The smallest absolute Gasteiger partial charge is 0.407 e. The topological polar surface area (TPSA) is 142 Å². The number of benzene rings is 3. The van der Waals surface area contributed by atoms with Crippen LogP contribution in [0.5, 0.6) is 0 Å². The number of amides is 2. The van der Waals surface area contributed by atoms with E-state index in [2.05, 4.69) is 44.6 Å². The van der Waals surface area contributed by atoms with Crippen LogP contribution in [0.2, 0.25) is 5.02 Å². The van der Waals surface area contributed by atoms with Crippen LogP contribution in [0.15, 0.2) is 82.0 Å². The summed E-state index contributed by atoms with van der Waals surface area (Å²) in [6.45, 7) is 13.4. The van der Waals surface area contributed by atoms with E-state index in [1.807, 2.05) is 69.3 Å². The first-order valence-electron chi connectivity index (χ1n) is 20.3. The average molecular weight is 797 g/mol. The minimum atomic E-state index is -0.599. The van der Waals surface area contributed by atoms with Gasteiger partial charge in [0.25, 0.3) is 0 Å². The highest BCUT2D eigenvalue weighted by Gasteiger charge is 2.31. The van der Waals surface area contributed by atoms with Crippen molar-refractivity contribution >= 4 is 46.7 Å². The Morgan fingerprint density at radius 3 is 2.21 bits per heavy atom. The molecule has 1 saturated carbocycles. The molecule has 0 radical (unpaired) electrons. The zero-order valence-electron chi connectivity index (χ0n) is 34.0. The highest BCUT2D eigenvalue weighted by molar-refractivity contribution is 6.33. The molecule has 1 fully saturated rings. The Kier molecular flexibility index (Phi) is 15.7. The van der Waals surface area contributed by atoms with Crippen molar-refractivity contribution in [1.82, 2.24) is 10.2 Å². The third-order valence-corrected chi connectivity index (χ3v) is 11.0. The van der Waals surface area contributed by atoms with E-state index in [4.69, 9.17) is 16.3 Å². The van der Waals surface area contributed by atoms with Crippen LogP contribution >= 0.6 is 11.6 Å². The van der Waals surface area contributed by atoms with Gasteiger partial charge in [-0.3, -0.25) is 14.4 Å². The number of nitrogens with one attached hydrogen (secondary N) is 2. The summed E-state index contributed by atoms with van der Waals surface area (Å²) in [6.07, 6.45) is 4.39. The number of ketones is 2. The molecule has 2 aliphatic rings. The van der Waals surface area contributed by atoms with E-state index in [1.165, 1.54) is 0 Å². The summed E-state index contributed by atoms with van der Waals surface area (Å²) >= 11 is 6.73. The Balaban J connectivity index is 1.23. The lowest BCUT2D eigenvalue weighted by molar-refractivity contribution is -0.129. The van der Waals surface area contributed by atoms with Gasteiger partial charge >= 0.3 is 6.09 Å². The summed E-state index contributed by atoms with van der Waals surface area (Å²) in [5.74, 6) is 0.0275. The average Bonchev–Trinajstić information content (AvgIpc) is 3.74. The number of ether oxygens (including phenoxy) is 1. The Bertz CT molecular complexity index is 1910. The third-order valence-electron chi connectivity index (χ3n) is 10.7. The number of amidine groups is 1. The zero-order valence-corrected chi connectivity index (χ0v) is 34.7. The molecule has 5 rings (SSSR count). The first kappa shape index (κ1) is 43.4. The maximum Gasteiger partial charge on any atom is 0.407 e. The minimum Gasteiger partial charge on any atom is -0.444 e. The van der Waals surface area contributed by atoms with Gasteiger partial charge in [-0.1, -0.05) is 61.8 Å². The first-order chi connectivity index (χ1) is 27.3. The van der Waals surface area contributed by atoms with Gasteiger partial charge in [0.2, 0.25) is 5.91 Å². The number of hydrogen-bond donors (Lipinski definition) is 2. The molecule has 0 unspecified atom stereocenters. The number of nitrogens with zero attached hydrogens (tertiary/aromatic N) is 4. The van der Waals surface area contributed by atoms with Crippen LogP contribution in [0.1, 0.15) is 101 Å². The Morgan fingerprint density at radius 1 is 0.912 bits per heavy atom. The molecule has 2 N–H and O–H groups in total. The quantitative estimate of drug-likeness (QED) is 0.123. The summed E-state index contributed by atoms with van der Waals surface area (Å²) in [4.78, 5) is 59.3. The molecular formula is C45H57ClN6O5. The zero-order chi connectivity index (χ0) is 41.0. The molecule has 1 aliphatic carbocycles. The van der Waals surface area contributed by atoms with E-state index in [0.29, 0.717) is 61.0 Å². The summed E-state index contributed by atoms with van der Waals surface area (Å²) in [5, 5.41) is 14.4. The largest absolute Gasteiger partial charge is 0.444 e. The maximum absolute atomic E-state index is 13.9. The molecule has 11 nitrogen and oxygen atoms in total. The van der Waals surface area contributed by atoms with Gasteiger partial charge in [-0.05, 0) is 126 Å². The number of alkyl carbamates (subject to hydrolysis) is 1. The van der Waals surface area contributed by atoms with E-state index in [9.17, 15) is 19.2 Å². The number of azo groups is 1. The summed E-state index contributed by atoms with van der Waals surface area (Å²) < 4.78 is 5.37. The molecule has 2 amide bonds. The van der Waals surface area contributed by atoms with Gasteiger partial charge < -0.3 is 20.3 Å². The fourth-order valence-corrected chi connectivity index (χ4v) is 7.69. The standard InChI is InChI=1S/C45H57ClN6O5/c1-6-52(7-2)24-8-9-40(53)35-20-23-38(39(46)26-35)32-14-10-30(11-15-32)25-36(43(55)50-37-21-18-34(19-22-37)42-48-29-49-51-42)27-41(54)33-16-12-31(13-17-33)28-47-44(56)57-45(3,4)5/h10-11,14-15,18-23,26,31,33,36H,6-9,12-13,16-17,24-25,27-29H2,1-5H3,(H,47,56)(H,50,55)/t31?,33?,36-/m1/s1. The predicted molar refractivity (Wildman–Crippen MR) is 226 cm³/mol. The molecule has 0 saturated heterocycles. The van der Waals surface area contributed by atoms with Gasteiger partial charge in [0.05, 0.1) is 0 Å². The summed E-state index contributed by atoms with van der Waals surface area (Å²) in [5.41, 5.74) is 4.10. The number of carbonyl (C=O) groups excluding carboxylic acids is 4. The normalized spacial score (nSPS) is 17.2. The third kappa shape index (κ3) is 13.1. The van der Waals surface area contributed by atoms with Crippen LogP contribution in [0.25, 0.3) is 11.1 Å². The molecule has 0 aromatic heterocycles. The van der Waals surface area contributed by atoms with Crippen LogP contribution in [-0.4, -0.2) is 72.8 Å². The van der Waals surface area contributed by atoms with E-state index >= 15 is 0 Å². The van der Waals surface area contributed by atoms with Crippen molar-refractivity contribution < 1.29 is 23.9 Å². The molecular weight excluding hydrogens is 740 g/mol. The number of aliphatic imine (C=N–C) groups is 1. The number of Topliss-reactive ketones (excluding diaryl/α,β-unsaturated/α-hetero) is 2. The first-order valence-corrected chi connectivity index (χ1v) is 20.7. The van der Waals surface area contributed by atoms with E-state index < -0.39 is 17.6 Å². The van der Waals surface area contributed by atoms with Gasteiger partial charge in [-0.15, -0.1) is 5.11 Å². The van der Waals surface area contributed by atoms with Gasteiger partial charge in [-0.2, -0.15) is 5.11 Å². The van der Waals surface area contributed by atoms with Gasteiger partial charge in [0.1, 0.15) is 11.4 Å². The van der Waals surface area contributed by atoms with E-state index in [-0.39, 0.29) is 35.7 Å². The second-order valence-corrected chi connectivity index (χ2v) is 16.5. The number of hydrogen-bond acceptors (Lipinski definition) is 9. The van der Waals surface area contributed by atoms with Crippen molar-refractivity contribution in [2.45, 2.75) is 91.6 Å². The van der Waals surface area contributed by atoms with Crippen molar-refractivity contribution in [1.29, 1.82) is 0 Å². The number of halogens is 1. The molecule has 304 valence electrons. The van der Waals surface area contributed by atoms with Crippen molar-refractivity contribution in [2.75, 3.05) is 38.2 Å². The lowest BCUT2D eigenvalue weighted by atomic mass is 9.77. The monoisotopic (exact) mass is 796 g/mol. The number of carbonyl (C=O) groups is 4. The van der Waals surface area contributed by atoms with E-state index in [0.717, 1.165) is 61.2 Å². The molecule has 0 bridgehead atoms. The highest BCUT2D eigenvalue weighted by atomic mass is 35.5.